The number of nitrogens with zero attached hydrogens (tertiary/aromatic N) is 1. The Hall–Kier alpha value is -1.35. The molecule has 2 rings (SSSR count). The number of benzene rings is 1. The minimum absolute atomic E-state index is 0.154. The van der Waals surface area contributed by atoms with E-state index in [2.05, 4.69) is 30.5 Å². The fourth-order valence-corrected chi connectivity index (χ4v) is 2.60. The van der Waals surface area contributed by atoms with Gasteiger partial charge in [0.1, 0.15) is 0 Å². The molecule has 2 aromatic rings. The number of likely N-dealkylation sites (N-methyl/N-ethyl adjacent to an activating group) is 1. The van der Waals surface area contributed by atoms with Crippen molar-refractivity contribution in [3.63, 3.8) is 0 Å². The molecule has 0 aliphatic rings. The number of carbonyl (C=O) groups excluding carboxylic acids is 1. The minimum Gasteiger partial charge on any atom is -0.349 e. The molecule has 0 saturated carbocycles. The summed E-state index contributed by atoms with van der Waals surface area (Å²) >= 11 is 1.71. The maximum atomic E-state index is 11.7. The van der Waals surface area contributed by atoms with Crippen molar-refractivity contribution in [1.29, 1.82) is 0 Å². The average molecular weight is 233 g/mol. The molecule has 0 saturated heterocycles. The molecule has 3 heteroatoms. The van der Waals surface area contributed by atoms with E-state index in [1.165, 1.54) is 15.6 Å². The van der Waals surface area contributed by atoms with Crippen LogP contribution in [-0.2, 0) is 11.2 Å². The van der Waals surface area contributed by atoms with Gasteiger partial charge in [0.05, 0.1) is 6.42 Å². The van der Waals surface area contributed by atoms with Crippen LogP contribution in [0.4, 0.5) is 0 Å². The number of aryl methyl sites for hydroxylation is 1. The van der Waals surface area contributed by atoms with E-state index in [9.17, 15) is 4.79 Å². The Morgan fingerprint density at radius 3 is 2.81 bits per heavy atom. The Balaban J connectivity index is 2.38. The van der Waals surface area contributed by atoms with Gasteiger partial charge in [0.15, 0.2) is 0 Å². The first-order valence-corrected chi connectivity index (χ1v) is 6.13. The molecule has 84 valence electrons. The minimum atomic E-state index is 0.154. The molecule has 0 bridgehead atoms. The smallest absolute Gasteiger partial charge is 0.226 e. The van der Waals surface area contributed by atoms with E-state index in [1.54, 1.807) is 30.3 Å². The topological polar surface area (TPSA) is 20.3 Å². The normalized spacial score (nSPS) is 10.7. The van der Waals surface area contributed by atoms with Crippen molar-refractivity contribution in [3.05, 3.63) is 34.7 Å². The number of thiophene rings is 1. The van der Waals surface area contributed by atoms with Crippen LogP contribution in [0.2, 0.25) is 0 Å². The lowest BCUT2D eigenvalue weighted by Crippen LogP contribution is -2.23. The van der Waals surface area contributed by atoms with E-state index < -0.39 is 0 Å². The molecule has 0 aliphatic heterocycles. The van der Waals surface area contributed by atoms with Crippen LogP contribution in [0, 0.1) is 6.92 Å². The van der Waals surface area contributed by atoms with Gasteiger partial charge in [-0.2, -0.15) is 0 Å². The molecule has 16 heavy (non-hydrogen) atoms. The predicted octanol–water partition coefficient (Wildman–Crippen LogP) is 2.84. The van der Waals surface area contributed by atoms with Crippen molar-refractivity contribution in [2.75, 3.05) is 14.1 Å². The molecule has 0 fully saturated rings. The van der Waals surface area contributed by atoms with Crippen LogP contribution in [0.25, 0.3) is 10.1 Å². The van der Waals surface area contributed by atoms with Crippen molar-refractivity contribution < 1.29 is 4.79 Å². The van der Waals surface area contributed by atoms with Gasteiger partial charge >= 0.3 is 0 Å². The van der Waals surface area contributed by atoms with Gasteiger partial charge in [0, 0.05) is 18.8 Å². The number of hydrogen-bond acceptors (Lipinski definition) is 2. The zero-order chi connectivity index (χ0) is 11.7. The molecule has 0 spiro atoms. The fourth-order valence-electron chi connectivity index (χ4n) is 1.65. The third-order valence-corrected chi connectivity index (χ3v) is 3.66. The summed E-state index contributed by atoms with van der Waals surface area (Å²) in [4.78, 5) is 13.3. The summed E-state index contributed by atoms with van der Waals surface area (Å²) in [7, 11) is 3.59. The van der Waals surface area contributed by atoms with Crippen molar-refractivity contribution in [2.24, 2.45) is 0 Å². The number of rotatable bonds is 2. The van der Waals surface area contributed by atoms with E-state index in [4.69, 9.17) is 0 Å². The quantitative estimate of drug-likeness (QED) is 0.781. The van der Waals surface area contributed by atoms with Crippen molar-refractivity contribution >= 4 is 27.3 Å². The molecule has 1 aromatic heterocycles. The SMILES string of the molecule is Cc1ccc2scc(CC(=O)N(C)C)c2c1. The van der Waals surface area contributed by atoms with Crippen LogP contribution in [0.5, 0.6) is 0 Å². The third-order valence-electron chi connectivity index (χ3n) is 2.65. The molecule has 0 unspecified atom stereocenters. The van der Waals surface area contributed by atoms with Gasteiger partial charge in [0.25, 0.3) is 0 Å². The molecule has 2 nitrogen and oxygen atoms in total. The number of hydrogen-bond donors (Lipinski definition) is 0. The molecule has 1 aromatic carbocycles. The first-order valence-electron chi connectivity index (χ1n) is 5.25. The summed E-state index contributed by atoms with van der Waals surface area (Å²) in [5.74, 6) is 0.154. The molecule has 0 aliphatic carbocycles. The highest BCUT2D eigenvalue weighted by Crippen LogP contribution is 2.27. The largest absolute Gasteiger partial charge is 0.349 e. The lowest BCUT2D eigenvalue weighted by molar-refractivity contribution is -0.127. The second-order valence-corrected chi connectivity index (χ2v) is 5.14. The van der Waals surface area contributed by atoms with E-state index in [0.717, 1.165) is 5.56 Å². The highest BCUT2D eigenvalue weighted by atomic mass is 32.1. The Kier molecular flexibility index (Phi) is 2.97. The van der Waals surface area contributed by atoms with Crippen LogP contribution in [0.1, 0.15) is 11.1 Å². The summed E-state index contributed by atoms with van der Waals surface area (Å²) in [5.41, 5.74) is 2.38. The second kappa shape index (κ2) is 4.26. The standard InChI is InChI=1S/C13H15NOS/c1-9-4-5-12-11(6-9)10(8-16-12)7-13(15)14(2)3/h4-6,8H,7H2,1-3H3. The van der Waals surface area contributed by atoms with E-state index >= 15 is 0 Å². The van der Waals surface area contributed by atoms with E-state index in [0.29, 0.717) is 6.42 Å². The van der Waals surface area contributed by atoms with Gasteiger partial charge in [-0.3, -0.25) is 4.79 Å². The van der Waals surface area contributed by atoms with Crippen molar-refractivity contribution in [1.82, 2.24) is 4.90 Å². The van der Waals surface area contributed by atoms with Gasteiger partial charge in [0.2, 0.25) is 5.91 Å². The van der Waals surface area contributed by atoms with Crippen LogP contribution >= 0.6 is 11.3 Å². The number of fused-ring (bicyclic) bond motifs is 1. The highest BCUT2D eigenvalue weighted by Gasteiger charge is 2.10. The fraction of sp³-hybridized carbons (Fsp3) is 0.308. The van der Waals surface area contributed by atoms with Gasteiger partial charge < -0.3 is 4.90 Å². The summed E-state index contributed by atoms with van der Waals surface area (Å²) in [6, 6.07) is 6.39. The number of carbonyl (C=O) groups is 1. The molecule has 0 N–H and O–H groups in total. The van der Waals surface area contributed by atoms with Crippen LogP contribution in [0.15, 0.2) is 23.6 Å². The highest BCUT2D eigenvalue weighted by molar-refractivity contribution is 7.17. The van der Waals surface area contributed by atoms with Crippen LogP contribution in [-0.4, -0.2) is 24.9 Å². The van der Waals surface area contributed by atoms with Gasteiger partial charge in [-0.1, -0.05) is 17.7 Å². The van der Waals surface area contributed by atoms with Gasteiger partial charge in [-0.25, -0.2) is 0 Å². The molecular weight excluding hydrogens is 218 g/mol. The Morgan fingerprint density at radius 2 is 2.12 bits per heavy atom. The molecule has 0 atom stereocenters. The van der Waals surface area contributed by atoms with Crippen molar-refractivity contribution in [2.45, 2.75) is 13.3 Å². The van der Waals surface area contributed by atoms with Gasteiger partial charge in [-0.05, 0) is 29.3 Å². The van der Waals surface area contributed by atoms with E-state index in [1.807, 2.05) is 0 Å². The lowest BCUT2D eigenvalue weighted by Gasteiger charge is -2.09. The first-order chi connectivity index (χ1) is 7.58. The maximum Gasteiger partial charge on any atom is 0.226 e. The summed E-state index contributed by atoms with van der Waals surface area (Å²) in [6.45, 7) is 2.08. The Bertz CT molecular complexity index is 528. The summed E-state index contributed by atoms with van der Waals surface area (Å²) < 4.78 is 1.26. The number of amides is 1. The van der Waals surface area contributed by atoms with Gasteiger partial charge in [-0.15, -0.1) is 11.3 Å². The average Bonchev–Trinajstić information content (AvgIpc) is 2.61. The van der Waals surface area contributed by atoms with Crippen molar-refractivity contribution in [3.8, 4) is 0 Å². The molecule has 1 heterocycles. The monoisotopic (exact) mass is 233 g/mol. The molecule has 0 radical (unpaired) electrons. The zero-order valence-corrected chi connectivity index (χ0v) is 10.6. The molecule has 1 amide bonds. The first kappa shape index (κ1) is 11.1. The molecular formula is C13H15NOS. The zero-order valence-electron chi connectivity index (χ0n) is 9.78. The summed E-state index contributed by atoms with van der Waals surface area (Å²) in [6.07, 6.45) is 0.496. The Morgan fingerprint density at radius 1 is 1.38 bits per heavy atom. The predicted molar refractivity (Wildman–Crippen MR) is 69.0 cm³/mol. The lowest BCUT2D eigenvalue weighted by atomic mass is 10.1. The Labute approximate surface area is 99.5 Å². The third kappa shape index (κ3) is 2.09. The van der Waals surface area contributed by atoms with E-state index in [-0.39, 0.29) is 5.91 Å². The maximum absolute atomic E-state index is 11.7. The van der Waals surface area contributed by atoms with Crippen LogP contribution in [0.3, 0.4) is 0 Å². The second-order valence-electron chi connectivity index (χ2n) is 4.23. The summed E-state index contributed by atoms with van der Waals surface area (Å²) in [5, 5.41) is 3.31. The van der Waals surface area contributed by atoms with Crippen LogP contribution < -0.4 is 0 Å².